The van der Waals surface area contributed by atoms with E-state index in [1.54, 1.807) is 0 Å². The molecule has 16 heavy (non-hydrogen) atoms. The number of hydrogen-bond acceptors (Lipinski definition) is 1. The first-order valence-electron chi connectivity index (χ1n) is 5.42. The van der Waals surface area contributed by atoms with Crippen LogP contribution < -0.4 is 4.74 Å². The maximum Gasteiger partial charge on any atom is 0.169 e. The van der Waals surface area contributed by atoms with Gasteiger partial charge in [-0.3, -0.25) is 0 Å². The second-order valence-electron chi connectivity index (χ2n) is 3.61. The van der Waals surface area contributed by atoms with E-state index in [9.17, 15) is 8.78 Å². The van der Waals surface area contributed by atoms with E-state index >= 15 is 0 Å². The molecule has 0 N–H and O–H groups in total. The molecule has 0 aliphatic carbocycles. The van der Waals surface area contributed by atoms with E-state index < -0.39 is 11.6 Å². The third-order valence-electron chi connectivity index (χ3n) is 2.21. The first-order valence-corrected chi connectivity index (χ1v) is 6.21. The van der Waals surface area contributed by atoms with Crippen LogP contribution in [0.2, 0.25) is 0 Å². The van der Waals surface area contributed by atoms with Crippen molar-refractivity contribution in [1.29, 1.82) is 0 Å². The van der Waals surface area contributed by atoms with Gasteiger partial charge in [-0.15, -0.1) is 0 Å². The van der Waals surface area contributed by atoms with Crippen molar-refractivity contribution >= 4 is 15.9 Å². The highest BCUT2D eigenvalue weighted by Gasteiger charge is 2.10. The predicted octanol–water partition coefficient (Wildman–Crippen LogP) is 4.69. The molecule has 0 aromatic heterocycles. The van der Waals surface area contributed by atoms with Crippen molar-refractivity contribution in [3.63, 3.8) is 0 Å². The third kappa shape index (κ3) is 4.08. The zero-order valence-corrected chi connectivity index (χ0v) is 10.8. The Balaban J connectivity index is 2.47. The van der Waals surface area contributed by atoms with Crippen molar-refractivity contribution in [1.82, 2.24) is 0 Å². The highest BCUT2D eigenvalue weighted by molar-refractivity contribution is 9.10. The van der Waals surface area contributed by atoms with Crippen LogP contribution in [0.25, 0.3) is 0 Å². The van der Waals surface area contributed by atoms with Gasteiger partial charge in [0, 0.05) is 6.07 Å². The standard InChI is InChI=1S/C12H15BrF2O/c1-2-3-4-5-6-16-12-10(13)7-9(14)8-11(12)15/h7-8H,2-6H2,1H3. The van der Waals surface area contributed by atoms with Gasteiger partial charge in [-0.05, 0) is 28.4 Å². The van der Waals surface area contributed by atoms with Gasteiger partial charge in [-0.2, -0.15) is 0 Å². The van der Waals surface area contributed by atoms with Crippen LogP contribution in [-0.2, 0) is 0 Å². The summed E-state index contributed by atoms with van der Waals surface area (Å²) in [5.74, 6) is -1.18. The first kappa shape index (κ1) is 13.4. The lowest BCUT2D eigenvalue weighted by molar-refractivity contribution is 0.287. The van der Waals surface area contributed by atoms with E-state index in [1.807, 2.05) is 0 Å². The number of benzene rings is 1. The van der Waals surface area contributed by atoms with E-state index in [1.165, 1.54) is 6.07 Å². The summed E-state index contributed by atoms with van der Waals surface area (Å²) in [6.45, 7) is 2.58. The molecular weight excluding hydrogens is 278 g/mol. The Morgan fingerprint density at radius 2 is 1.94 bits per heavy atom. The SMILES string of the molecule is CCCCCCOc1c(F)cc(F)cc1Br. The van der Waals surface area contributed by atoms with Crippen molar-refractivity contribution in [3.05, 3.63) is 28.2 Å². The molecular formula is C12H15BrF2O. The van der Waals surface area contributed by atoms with Crippen LogP contribution in [0.3, 0.4) is 0 Å². The highest BCUT2D eigenvalue weighted by Crippen LogP contribution is 2.29. The van der Waals surface area contributed by atoms with Crippen LogP contribution in [0.15, 0.2) is 16.6 Å². The van der Waals surface area contributed by atoms with Crippen LogP contribution in [-0.4, -0.2) is 6.61 Å². The second kappa shape index (κ2) is 6.84. The normalized spacial score (nSPS) is 10.5. The van der Waals surface area contributed by atoms with Crippen LogP contribution in [0.4, 0.5) is 8.78 Å². The Bertz CT molecular complexity index is 319. The molecule has 1 rings (SSSR count). The number of ether oxygens (including phenoxy) is 1. The minimum atomic E-state index is -0.664. The quantitative estimate of drug-likeness (QED) is 0.692. The Hall–Kier alpha value is -0.640. The summed E-state index contributed by atoms with van der Waals surface area (Å²) in [7, 11) is 0. The smallest absolute Gasteiger partial charge is 0.169 e. The highest BCUT2D eigenvalue weighted by atomic mass is 79.9. The summed E-state index contributed by atoms with van der Waals surface area (Å²) in [5.41, 5.74) is 0. The van der Waals surface area contributed by atoms with E-state index in [2.05, 4.69) is 22.9 Å². The molecule has 1 aromatic carbocycles. The van der Waals surface area contributed by atoms with Crippen molar-refractivity contribution < 1.29 is 13.5 Å². The number of unbranched alkanes of at least 4 members (excludes halogenated alkanes) is 3. The maximum atomic E-state index is 13.3. The summed E-state index contributed by atoms with van der Waals surface area (Å²) in [6.07, 6.45) is 4.25. The third-order valence-corrected chi connectivity index (χ3v) is 2.80. The van der Waals surface area contributed by atoms with Crippen molar-refractivity contribution in [2.75, 3.05) is 6.61 Å². The summed E-state index contributed by atoms with van der Waals surface area (Å²) in [5, 5.41) is 0. The Morgan fingerprint density at radius 1 is 1.19 bits per heavy atom. The molecule has 4 heteroatoms. The average molecular weight is 293 g/mol. The minimum absolute atomic E-state index is 0.0953. The topological polar surface area (TPSA) is 9.23 Å². The molecule has 0 radical (unpaired) electrons. The van der Waals surface area contributed by atoms with Gasteiger partial charge in [-0.25, -0.2) is 8.78 Å². The minimum Gasteiger partial charge on any atom is -0.489 e. The predicted molar refractivity (Wildman–Crippen MR) is 63.7 cm³/mol. The van der Waals surface area contributed by atoms with Crippen molar-refractivity contribution in [3.8, 4) is 5.75 Å². The maximum absolute atomic E-state index is 13.3. The first-order chi connectivity index (χ1) is 7.65. The number of hydrogen-bond donors (Lipinski definition) is 0. The van der Waals surface area contributed by atoms with Gasteiger partial charge in [0.05, 0.1) is 11.1 Å². The van der Waals surface area contributed by atoms with Crippen LogP contribution in [0.5, 0.6) is 5.75 Å². The van der Waals surface area contributed by atoms with Gasteiger partial charge >= 0.3 is 0 Å². The Labute approximate surface area is 103 Å². The molecule has 90 valence electrons. The molecule has 0 bridgehead atoms. The van der Waals surface area contributed by atoms with Gasteiger partial charge in [0.2, 0.25) is 0 Å². The lowest BCUT2D eigenvalue weighted by Gasteiger charge is -2.09. The van der Waals surface area contributed by atoms with Crippen LogP contribution in [0.1, 0.15) is 32.6 Å². The molecule has 0 aliphatic heterocycles. The van der Waals surface area contributed by atoms with Gasteiger partial charge in [0.25, 0.3) is 0 Å². The Morgan fingerprint density at radius 3 is 2.56 bits per heavy atom. The molecule has 0 fully saturated rings. The fourth-order valence-corrected chi connectivity index (χ4v) is 1.89. The van der Waals surface area contributed by atoms with Crippen LogP contribution in [0, 0.1) is 11.6 Å². The Kier molecular flexibility index (Phi) is 5.74. The van der Waals surface area contributed by atoms with Gasteiger partial charge in [0.1, 0.15) is 5.82 Å². The van der Waals surface area contributed by atoms with Gasteiger partial charge < -0.3 is 4.74 Å². The lowest BCUT2D eigenvalue weighted by atomic mass is 10.2. The van der Waals surface area contributed by atoms with Crippen molar-refractivity contribution in [2.24, 2.45) is 0 Å². The van der Waals surface area contributed by atoms with Crippen molar-refractivity contribution in [2.45, 2.75) is 32.6 Å². The molecule has 1 aromatic rings. The zero-order chi connectivity index (χ0) is 12.0. The second-order valence-corrected chi connectivity index (χ2v) is 4.46. The van der Waals surface area contributed by atoms with Gasteiger partial charge in [-0.1, -0.05) is 26.2 Å². The molecule has 0 atom stereocenters. The zero-order valence-electron chi connectivity index (χ0n) is 9.23. The van der Waals surface area contributed by atoms with E-state index in [-0.39, 0.29) is 5.75 Å². The molecule has 0 heterocycles. The average Bonchev–Trinajstić information content (AvgIpc) is 2.20. The summed E-state index contributed by atoms with van der Waals surface area (Å²) in [6, 6.07) is 2.02. The molecule has 1 nitrogen and oxygen atoms in total. The fraction of sp³-hybridized carbons (Fsp3) is 0.500. The lowest BCUT2D eigenvalue weighted by Crippen LogP contribution is -2.00. The molecule has 0 amide bonds. The molecule has 0 saturated heterocycles. The van der Waals surface area contributed by atoms with Gasteiger partial charge in [0.15, 0.2) is 11.6 Å². The number of rotatable bonds is 6. The fourth-order valence-electron chi connectivity index (χ4n) is 1.37. The summed E-state index contributed by atoms with van der Waals surface area (Å²) >= 11 is 3.08. The monoisotopic (exact) mass is 292 g/mol. The number of halogens is 3. The van der Waals surface area contributed by atoms with Crippen LogP contribution >= 0.6 is 15.9 Å². The summed E-state index contributed by atoms with van der Waals surface area (Å²) < 4.78 is 31.7. The van der Waals surface area contributed by atoms with E-state index in [0.29, 0.717) is 11.1 Å². The molecule has 0 unspecified atom stereocenters. The molecule has 0 aliphatic rings. The molecule has 0 spiro atoms. The molecule has 0 saturated carbocycles. The summed E-state index contributed by atoms with van der Waals surface area (Å²) in [4.78, 5) is 0. The van der Waals surface area contributed by atoms with E-state index in [4.69, 9.17) is 4.74 Å². The van der Waals surface area contributed by atoms with E-state index in [0.717, 1.165) is 31.7 Å². The largest absolute Gasteiger partial charge is 0.489 e.